The fourth-order valence-electron chi connectivity index (χ4n) is 2.00. The molecule has 0 atom stereocenters. The number of hydrogen-bond acceptors (Lipinski definition) is 2. The minimum Gasteiger partial charge on any atom is -0.305 e. The van der Waals surface area contributed by atoms with E-state index < -0.39 is 0 Å². The molecule has 0 aliphatic carbocycles. The number of rotatable bonds is 2. The van der Waals surface area contributed by atoms with Crippen LogP contribution in [0.1, 0.15) is 0 Å². The Morgan fingerprint density at radius 1 is 0.900 bits per heavy atom. The van der Waals surface area contributed by atoms with E-state index in [1.54, 1.807) is 0 Å². The summed E-state index contributed by atoms with van der Waals surface area (Å²) >= 11 is 3.40. The van der Waals surface area contributed by atoms with E-state index in [9.17, 15) is 4.79 Å². The Morgan fingerprint density at radius 2 is 1.60 bits per heavy atom. The predicted octanol–water partition coefficient (Wildman–Crippen LogP) is 3.87. The van der Waals surface area contributed by atoms with Crippen LogP contribution in [0.25, 0.3) is 22.5 Å². The van der Waals surface area contributed by atoms with Crippen LogP contribution in [0.2, 0.25) is 0 Å². The van der Waals surface area contributed by atoms with Gasteiger partial charge in [-0.05, 0) is 23.8 Å². The lowest BCUT2D eigenvalue weighted by atomic mass is 10.1. The zero-order chi connectivity index (χ0) is 13.9. The van der Waals surface area contributed by atoms with Gasteiger partial charge in [-0.3, -0.25) is 0 Å². The molecule has 0 amide bonds. The summed E-state index contributed by atoms with van der Waals surface area (Å²) in [5.41, 5.74) is 2.97. The normalized spacial score (nSPS) is 10.4. The van der Waals surface area contributed by atoms with Crippen molar-refractivity contribution in [3.63, 3.8) is 0 Å². The summed E-state index contributed by atoms with van der Waals surface area (Å²) < 4.78 is 1.00. The molecule has 3 rings (SSSR count). The molecule has 0 saturated heterocycles. The van der Waals surface area contributed by atoms with Crippen molar-refractivity contribution in [2.75, 3.05) is 0 Å². The van der Waals surface area contributed by atoms with Gasteiger partial charge >= 0.3 is 5.69 Å². The van der Waals surface area contributed by atoms with Crippen LogP contribution in [0, 0.1) is 0 Å². The average molecular weight is 327 g/mol. The highest BCUT2D eigenvalue weighted by Crippen LogP contribution is 2.22. The van der Waals surface area contributed by atoms with E-state index in [4.69, 9.17) is 0 Å². The summed E-state index contributed by atoms with van der Waals surface area (Å²) in [6, 6.07) is 19.3. The van der Waals surface area contributed by atoms with Crippen LogP contribution >= 0.6 is 15.9 Å². The fourth-order valence-corrected chi connectivity index (χ4v) is 2.26. The number of hydrogen-bond donors (Lipinski definition) is 1. The number of aromatic amines is 1. The van der Waals surface area contributed by atoms with Crippen molar-refractivity contribution in [3.8, 4) is 22.5 Å². The Kier molecular flexibility index (Phi) is 3.48. The second-order valence-corrected chi connectivity index (χ2v) is 5.27. The van der Waals surface area contributed by atoms with E-state index in [0.717, 1.165) is 21.3 Å². The summed E-state index contributed by atoms with van der Waals surface area (Å²) in [6.45, 7) is 0. The molecule has 0 unspecified atom stereocenters. The Balaban J connectivity index is 2.12. The standard InChI is InChI=1S/C16H11BrN2O/c17-13-8-6-12(7-9-13)15-10-14(18-16(20)19-15)11-4-2-1-3-5-11/h1-10H,(H,18,19,20). The van der Waals surface area contributed by atoms with Gasteiger partial charge in [-0.25, -0.2) is 4.79 Å². The van der Waals surface area contributed by atoms with Crippen LogP contribution < -0.4 is 5.69 Å². The maximum absolute atomic E-state index is 11.7. The SMILES string of the molecule is O=c1nc(-c2ccccc2)cc(-c2ccc(Br)cc2)[nH]1. The number of nitrogens with zero attached hydrogens (tertiary/aromatic N) is 1. The molecule has 0 aliphatic rings. The van der Waals surface area contributed by atoms with Gasteiger partial charge < -0.3 is 4.98 Å². The van der Waals surface area contributed by atoms with Crippen LogP contribution in [0.4, 0.5) is 0 Å². The minimum absolute atomic E-state index is 0.343. The van der Waals surface area contributed by atoms with E-state index in [2.05, 4.69) is 25.9 Å². The third-order valence-electron chi connectivity index (χ3n) is 2.97. The first-order valence-corrected chi connectivity index (χ1v) is 6.94. The third kappa shape index (κ3) is 2.70. The average Bonchev–Trinajstić information content (AvgIpc) is 2.48. The van der Waals surface area contributed by atoms with Crippen molar-refractivity contribution in [3.05, 3.63) is 75.6 Å². The van der Waals surface area contributed by atoms with Crippen LogP contribution in [0.5, 0.6) is 0 Å². The summed E-state index contributed by atoms with van der Waals surface area (Å²) in [5, 5.41) is 0. The topological polar surface area (TPSA) is 45.8 Å². The van der Waals surface area contributed by atoms with Gasteiger partial charge in [0.1, 0.15) is 0 Å². The Labute approximate surface area is 124 Å². The van der Waals surface area contributed by atoms with Gasteiger partial charge in [0.05, 0.1) is 11.4 Å². The van der Waals surface area contributed by atoms with E-state index in [1.165, 1.54) is 0 Å². The second kappa shape index (κ2) is 5.43. The summed E-state index contributed by atoms with van der Waals surface area (Å²) in [6.07, 6.45) is 0. The molecule has 3 aromatic rings. The van der Waals surface area contributed by atoms with E-state index >= 15 is 0 Å². The van der Waals surface area contributed by atoms with Crippen LogP contribution in [0.15, 0.2) is 69.9 Å². The molecular weight excluding hydrogens is 316 g/mol. The Morgan fingerprint density at radius 3 is 2.30 bits per heavy atom. The molecule has 98 valence electrons. The van der Waals surface area contributed by atoms with Gasteiger partial charge in [-0.2, -0.15) is 4.98 Å². The van der Waals surface area contributed by atoms with Gasteiger partial charge in [-0.1, -0.05) is 58.4 Å². The van der Waals surface area contributed by atoms with Gasteiger partial charge in [0.25, 0.3) is 0 Å². The maximum Gasteiger partial charge on any atom is 0.345 e. The molecular formula is C16H11BrN2O. The fraction of sp³-hybridized carbons (Fsp3) is 0. The zero-order valence-electron chi connectivity index (χ0n) is 10.5. The molecule has 0 bridgehead atoms. The number of halogens is 1. The summed E-state index contributed by atoms with van der Waals surface area (Å²) in [5.74, 6) is 0. The van der Waals surface area contributed by atoms with Gasteiger partial charge in [0.2, 0.25) is 0 Å². The lowest BCUT2D eigenvalue weighted by molar-refractivity contribution is 1.09. The van der Waals surface area contributed by atoms with Crippen molar-refractivity contribution in [2.24, 2.45) is 0 Å². The molecule has 0 saturated carbocycles. The molecule has 0 fully saturated rings. The largest absolute Gasteiger partial charge is 0.345 e. The molecule has 1 N–H and O–H groups in total. The Hall–Kier alpha value is -2.20. The van der Waals surface area contributed by atoms with E-state index in [1.807, 2.05) is 60.7 Å². The van der Waals surface area contributed by atoms with Gasteiger partial charge in [-0.15, -0.1) is 0 Å². The molecule has 0 aliphatic heterocycles. The maximum atomic E-state index is 11.7. The number of aromatic nitrogens is 2. The molecule has 0 spiro atoms. The molecule has 1 aromatic heterocycles. The van der Waals surface area contributed by atoms with E-state index in [-0.39, 0.29) is 5.69 Å². The quantitative estimate of drug-likeness (QED) is 0.777. The molecule has 20 heavy (non-hydrogen) atoms. The van der Waals surface area contributed by atoms with Crippen LogP contribution in [-0.2, 0) is 0 Å². The monoisotopic (exact) mass is 326 g/mol. The first-order valence-electron chi connectivity index (χ1n) is 6.15. The first kappa shape index (κ1) is 12.8. The Bertz CT molecular complexity index is 780. The van der Waals surface area contributed by atoms with Crippen LogP contribution in [-0.4, -0.2) is 9.97 Å². The van der Waals surface area contributed by atoms with Crippen molar-refractivity contribution >= 4 is 15.9 Å². The number of benzene rings is 2. The third-order valence-corrected chi connectivity index (χ3v) is 3.50. The second-order valence-electron chi connectivity index (χ2n) is 4.36. The lowest BCUT2D eigenvalue weighted by Gasteiger charge is -2.05. The number of H-pyrrole nitrogens is 1. The molecule has 2 aromatic carbocycles. The van der Waals surface area contributed by atoms with Gasteiger partial charge in [0, 0.05) is 10.0 Å². The predicted molar refractivity (Wildman–Crippen MR) is 83.4 cm³/mol. The highest BCUT2D eigenvalue weighted by Gasteiger charge is 2.05. The highest BCUT2D eigenvalue weighted by molar-refractivity contribution is 9.10. The highest BCUT2D eigenvalue weighted by atomic mass is 79.9. The van der Waals surface area contributed by atoms with Crippen molar-refractivity contribution in [1.82, 2.24) is 9.97 Å². The summed E-state index contributed by atoms with van der Waals surface area (Å²) in [4.78, 5) is 18.5. The molecule has 3 nitrogen and oxygen atoms in total. The lowest BCUT2D eigenvalue weighted by Crippen LogP contribution is -2.11. The van der Waals surface area contributed by atoms with E-state index in [0.29, 0.717) is 5.69 Å². The van der Waals surface area contributed by atoms with Crippen LogP contribution in [0.3, 0.4) is 0 Å². The van der Waals surface area contributed by atoms with Crippen molar-refractivity contribution in [1.29, 1.82) is 0 Å². The van der Waals surface area contributed by atoms with Crippen molar-refractivity contribution in [2.45, 2.75) is 0 Å². The molecule has 4 heteroatoms. The zero-order valence-corrected chi connectivity index (χ0v) is 12.1. The smallest absolute Gasteiger partial charge is 0.305 e. The van der Waals surface area contributed by atoms with Gasteiger partial charge in [0.15, 0.2) is 0 Å². The van der Waals surface area contributed by atoms with Crippen molar-refractivity contribution < 1.29 is 0 Å². The molecule has 1 heterocycles. The summed E-state index contributed by atoms with van der Waals surface area (Å²) in [7, 11) is 0. The number of nitrogens with one attached hydrogen (secondary N) is 1. The molecule has 0 radical (unpaired) electrons. The first-order chi connectivity index (χ1) is 9.72. The minimum atomic E-state index is -0.343.